The summed E-state index contributed by atoms with van der Waals surface area (Å²) in [6.45, 7) is 2.80. The molecule has 1 aromatic rings. The van der Waals surface area contributed by atoms with Gasteiger partial charge in [0.1, 0.15) is 5.82 Å². The van der Waals surface area contributed by atoms with E-state index in [2.05, 4.69) is 22.2 Å². The first kappa shape index (κ1) is 8.93. The van der Waals surface area contributed by atoms with E-state index in [1.54, 1.807) is 18.6 Å². The zero-order valence-electron chi connectivity index (χ0n) is 7.20. The highest BCUT2D eigenvalue weighted by molar-refractivity contribution is 5.29. The molecule has 0 amide bonds. The third kappa shape index (κ3) is 2.84. The molecule has 1 heterocycles. The minimum absolute atomic E-state index is 0.187. The van der Waals surface area contributed by atoms with Crippen LogP contribution in [0.15, 0.2) is 18.6 Å². The lowest BCUT2D eigenvalue weighted by Gasteiger charge is -2.09. The van der Waals surface area contributed by atoms with Gasteiger partial charge in [0.25, 0.3) is 0 Å². The Morgan fingerprint density at radius 3 is 3.00 bits per heavy atom. The monoisotopic (exact) mass is 166 g/mol. The van der Waals surface area contributed by atoms with E-state index < -0.39 is 0 Å². The van der Waals surface area contributed by atoms with Crippen LogP contribution in [-0.4, -0.2) is 22.6 Å². The largest absolute Gasteiger partial charge is 0.367 e. The molecule has 1 aromatic heterocycles. The standard InChI is InChI=1S/C8H14N4/c1-2-7(9)5-12-8-6-10-3-4-11-8/h3-4,6-7H,2,5,9H2,1H3,(H,11,12). The van der Waals surface area contributed by atoms with Gasteiger partial charge in [0.05, 0.1) is 6.20 Å². The summed E-state index contributed by atoms with van der Waals surface area (Å²) in [7, 11) is 0. The fraction of sp³-hybridized carbons (Fsp3) is 0.500. The van der Waals surface area contributed by atoms with Crippen LogP contribution in [0.5, 0.6) is 0 Å². The predicted molar refractivity (Wildman–Crippen MR) is 48.8 cm³/mol. The van der Waals surface area contributed by atoms with Crippen LogP contribution in [0.2, 0.25) is 0 Å². The number of hydrogen-bond acceptors (Lipinski definition) is 4. The summed E-state index contributed by atoms with van der Waals surface area (Å²) in [6, 6.07) is 0.187. The Morgan fingerprint density at radius 2 is 2.42 bits per heavy atom. The highest BCUT2D eigenvalue weighted by Crippen LogP contribution is 1.97. The molecule has 0 saturated heterocycles. The minimum atomic E-state index is 0.187. The third-order valence-corrected chi connectivity index (χ3v) is 1.63. The van der Waals surface area contributed by atoms with Crippen molar-refractivity contribution in [1.29, 1.82) is 0 Å². The molecule has 0 saturated carbocycles. The summed E-state index contributed by atoms with van der Waals surface area (Å²) >= 11 is 0. The van der Waals surface area contributed by atoms with Crippen LogP contribution in [0, 0.1) is 0 Å². The Balaban J connectivity index is 2.33. The van der Waals surface area contributed by atoms with Gasteiger partial charge >= 0.3 is 0 Å². The van der Waals surface area contributed by atoms with Crippen molar-refractivity contribution < 1.29 is 0 Å². The Morgan fingerprint density at radius 1 is 1.58 bits per heavy atom. The zero-order valence-corrected chi connectivity index (χ0v) is 7.20. The molecule has 4 nitrogen and oxygen atoms in total. The molecule has 0 spiro atoms. The summed E-state index contributed by atoms with van der Waals surface area (Å²) in [5, 5.41) is 3.10. The maximum Gasteiger partial charge on any atom is 0.144 e. The van der Waals surface area contributed by atoms with Crippen molar-refractivity contribution in [3.63, 3.8) is 0 Å². The molecule has 1 rings (SSSR count). The van der Waals surface area contributed by atoms with E-state index in [0.29, 0.717) is 0 Å². The second-order valence-corrected chi connectivity index (χ2v) is 2.64. The summed E-state index contributed by atoms with van der Waals surface area (Å²) < 4.78 is 0. The van der Waals surface area contributed by atoms with Gasteiger partial charge in [-0.3, -0.25) is 4.98 Å². The van der Waals surface area contributed by atoms with Gasteiger partial charge in [0, 0.05) is 25.0 Å². The second kappa shape index (κ2) is 4.66. The van der Waals surface area contributed by atoms with Crippen LogP contribution in [0.3, 0.4) is 0 Å². The number of rotatable bonds is 4. The molecule has 0 aliphatic carbocycles. The molecule has 3 N–H and O–H groups in total. The summed E-state index contributed by atoms with van der Waals surface area (Å²) in [5.74, 6) is 0.779. The van der Waals surface area contributed by atoms with Crippen LogP contribution in [-0.2, 0) is 0 Å². The lowest BCUT2D eigenvalue weighted by molar-refractivity contribution is 0.677. The van der Waals surface area contributed by atoms with Crippen molar-refractivity contribution in [1.82, 2.24) is 9.97 Å². The first-order valence-electron chi connectivity index (χ1n) is 4.08. The molecule has 4 heteroatoms. The molecule has 0 bridgehead atoms. The van der Waals surface area contributed by atoms with E-state index in [0.717, 1.165) is 18.8 Å². The van der Waals surface area contributed by atoms with E-state index in [1.807, 2.05) is 0 Å². The maximum absolute atomic E-state index is 5.71. The molecule has 1 atom stereocenters. The number of anilines is 1. The number of nitrogens with zero attached hydrogens (tertiary/aromatic N) is 2. The van der Waals surface area contributed by atoms with Crippen LogP contribution in [0.25, 0.3) is 0 Å². The third-order valence-electron chi connectivity index (χ3n) is 1.63. The fourth-order valence-corrected chi connectivity index (χ4v) is 0.770. The first-order chi connectivity index (χ1) is 5.83. The highest BCUT2D eigenvalue weighted by Gasteiger charge is 1.98. The van der Waals surface area contributed by atoms with E-state index in [-0.39, 0.29) is 6.04 Å². The van der Waals surface area contributed by atoms with Crippen molar-refractivity contribution in [2.24, 2.45) is 5.73 Å². The van der Waals surface area contributed by atoms with Gasteiger partial charge < -0.3 is 11.1 Å². The molecule has 1 unspecified atom stereocenters. The van der Waals surface area contributed by atoms with Gasteiger partial charge in [0.15, 0.2) is 0 Å². The molecule has 0 aliphatic rings. The number of aromatic nitrogens is 2. The molecule has 66 valence electrons. The minimum Gasteiger partial charge on any atom is -0.367 e. The van der Waals surface area contributed by atoms with Crippen molar-refractivity contribution in [2.75, 3.05) is 11.9 Å². The molecular weight excluding hydrogens is 152 g/mol. The SMILES string of the molecule is CCC(N)CNc1cnccn1. The number of nitrogens with two attached hydrogens (primary N) is 1. The Bertz CT molecular complexity index is 212. The first-order valence-corrected chi connectivity index (χ1v) is 4.08. The summed E-state index contributed by atoms with van der Waals surface area (Å²) in [6.07, 6.45) is 5.94. The van der Waals surface area contributed by atoms with E-state index in [4.69, 9.17) is 5.73 Å². The molecule has 0 aliphatic heterocycles. The van der Waals surface area contributed by atoms with Crippen LogP contribution >= 0.6 is 0 Å². The molecule has 0 radical (unpaired) electrons. The Hall–Kier alpha value is -1.16. The van der Waals surface area contributed by atoms with Crippen molar-refractivity contribution in [2.45, 2.75) is 19.4 Å². The molecular formula is C8H14N4. The van der Waals surface area contributed by atoms with E-state index in [1.165, 1.54) is 0 Å². The molecule has 12 heavy (non-hydrogen) atoms. The highest BCUT2D eigenvalue weighted by atomic mass is 15.0. The average molecular weight is 166 g/mol. The second-order valence-electron chi connectivity index (χ2n) is 2.64. The van der Waals surface area contributed by atoms with Gasteiger partial charge in [-0.25, -0.2) is 4.98 Å². The predicted octanol–water partition coefficient (Wildman–Crippen LogP) is 0.626. The van der Waals surface area contributed by atoms with Gasteiger partial charge in [-0.1, -0.05) is 6.92 Å². The fourth-order valence-electron chi connectivity index (χ4n) is 0.770. The van der Waals surface area contributed by atoms with Crippen molar-refractivity contribution in [3.05, 3.63) is 18.6 Å². The van der Waals surface area contributed by atoms with E-state index >= 15 is 0 Å². The van der Waals surface area contributed by atoms with Gasteiger partial charge in [0.2, 0.25) is 0 Å². The lowest BCUT2D eigenvalue weighted by atomic mass is 10.2. The Kier molecular flexibility index (Phi) is 3.47. The lowest BCUT2D eigenvalue weighted by Crippen LogP contribution is -2.28. The van der Waals surface area contributed by atoms with Crippen molar-refractivity contribution in [3.8, 4) is 0 Å². The quantitative estimate of drug-likeness (QED) is 0.688. The smallest absolute Gasteiger partial charge is 0.144 e. The van der Waals surface area contributed by atoms with Gasteiger partial charge in [-0.15, -0.1) is 0 Å². The van der Waals surface area contributed by atoms with Crippen molar-refractivity contribution >= 4 is 5.82 Å². The normalized spacial score (nSPS) is 12.5. The average Bonchev–Trinajstić information content (AvgIpc) is 2.16. The summed E-state index contributed by atoms with van der Waals surface area (Å²) in [4.78, 5) is 7.98. The number of hydrogen-bond donors (Lipinski definition) is 2. The van der Waals surface area contributed by atoms with Crippen LogP contribution in [0.4, 0.5) is 5.82 Å². The van der Waals surface area contributed by atoms with Gasteiger partial charge in [-0.05, 0) is 6.42 Å². The molecule has 0 aromatic carbocycles. The maximum atomic E-state index is 5.71. The zero-order chi connectivity index (χ0) is 8.81. The molecule has 0 fully saturated rings. The van der Waals surface area contributed by atoms with Gasteiger partial charge in [-0.2, -0.15) is 0 Å². The van der Waals surface area contributed by atoms with Crippen LogP contribution < -0.4 is 11.1 Å². The summed E-state index contributed by atoms with van der Waals surface area (Å²) in [5.41, 5.74) is 5.71. The Labute approximate surface area is 72.2 Å². The number of nitrogens with one attached hydrogen (secondary N) is 1. The van der Waals surface area contributed by atoms with Crippen LogP contribution in [0.1, 0.15) is 13.3 Å². The topological polar surface area (TPSA) is 63.8 Å². The van der Waals surface area contributed by atoms with E-state index in [9.17, 15) is 0 Å².